The zero-order valence-electron chi connectivity index (χ0n) is 10.2. The van der Waals surface area contributed by atoms with Gasteiger partial charge in [-0.25, -0.2) is 4.68 Å². The molecule has 0 aliphatic carbocycles. The maximum atomic E-state index is 11.7. The van der Waals surface area contributed by atoms with Crippen molar-refractivity contribution in [2.45, 2.75) is 20.4 Å². The van der Waals surface area contributed by atoms with Crippen molar-refractivity contribution in [3.63, 3.8) is 0 Å². The first-order valence-corrected chi connectivity index (χ1v) is 5.53. The van der Waals surface area contributed by atoms with Crippen LogP contribution >= 0.6 is 0 Å². The first kappa shape index (κ1) is 12.7. The molecule has 5 nitrogen and oxygen atoms in total. The van der Waals surface area contributed by atoms with Crippen molar-refractivity contribution in [2.75, 3.05) is 25.0 Å². The second-order valence-electron chi connectivity index (χ2n) is 4.34. The molecule has 5 heteroatoms. The van der Waals surface area contributed by atoms with Gasteiger partial charge in [0.2, 0.25) is 0 Å². The lowest BCUT2D eigenvalue weighted by Gasteiger charge is -2.18. The molecule has 0 spiro atoms. The van der Waals surface area contributed by atoms with Crippen molar-refractivity contribution in [3.05, 3.63) is 22.6 Å². The van der Waals surface area contributed by atoms with Gasteiger partial charge in [-0.3, -0.25) is 4.79 Å². The first-order chi connectivity index (χ1) is 7.54. The van der Waals surface area contributed by atoms with E-state index >= 15 is 0 Å². The highest BCUT2D eigenvalue weighted by Gasteiger charge is 2.05. The number of likely N-dealkylation sites (N-methyl/N-ethyl adjacent to an activating group) is 1. The molecule has 0 aliphatic rings. The van der Waals surface area contributed by atoms with Crippen LogP contribution in [-0.2, 0) is 6.54 Å². The molecular weight excluding hydrogens is 204 g/mol. The molecule has 16 heavy (non-hydrogen) atoms. The molecule has 2 N–H and O–H groups in total. The van der Waals surface area contributed by atoms with E-state index in [9.17, 15) is 4.79 Å². The zero-order valence-corrected chi connectivity index (χ0v) is 10.2. The van der Waals surface area contributed by atoms with Crippen LogP contribution in [0, 0.1) is 5.92 Å². The van der Waals surface area contributed by atoms with E-state index in [1.165, 1.54) is 4.68 Å². The summed E-state index contributed by atoms with van der Waals surface area (Å²) in [5.74, 6) is 0.415. The van der Waals surface area contributed by atoms with Gasteiger partial charge in [0.1, 0.15) is 0 Å². The van der Waals surface area contributed by atoms with Crippen LogP contribution in [-0.4, -0.2) is 29.9 Å². The zero-order chi connectivity index (χ0) is 12.1. The molecule has 0 atom stereocenters. The van der Waals surface area contributed by atoms with E-state index in [0.717, 1.165) is 12.2 Å². The fourth-order valence-electron chi connectivity index (χ4n) is 1.44. The monoisotopic (exact) mass is 224 g/mol. The quantitative estimate of drug-likeness (QED) is 0.781. The van der Waals surface area contributed by atoms with Gasteiger partial charge in [-0.05, 0) is 5.92 Å². The van der Waals surface area contributed by atoms with Crippen LogP contribution in [0.1, 0.15) is 13.8 Å². The molecule has 1 aromatic rings. The third-order valence-corrected chi connectivity index (χ3v) is 2.30. The Labute approximate surface area is 95.9 Å². The van der Waals surface area contributed by atoms with Crippen molar-refractivity contribution >= 4 is 5.69 Å². The Morgan fingerprint density at radius 1 is 1.56 bits per heavy atom. The lowest BCUT2D eigenvalue weighted by Crippen LogP contribution is -2.29. The van der Waals surface area contributed by atoms with Gasteiger partial charge in [-0.2, -0.15) is 5.10 Å². The number of nitrogens with zero attached hydrogens (tertiary/aromatic N) is 3. The normalized spacial score (nSPS) is 10.8. The Morgan fingerprint density at radius 3 is 2.75 bits per heavy atom. The van der Waals surface area contributed by atoms with E-state index in [2.05, 4.69) is 18.9 Å². The summed E-state index contributed by atoms with van der Waals surface area (Å²) in [4.78, 5) is 13.7. The van der Waals surface area contributed by atoms with Gasteiger partial charge in [0.05, 0.1) is 11.9 Å². The second-order valence-corrected chi connectivity index (χ2v) is 4.34. The lowest BCUT2D eigenvalue weighted by molar-refractivity contribution is 0.463. The molecule has 0 aliphatic heterocycles. The molecule has 0 saturated heterocycles. The van der Waals surface area contributed by atoms with E-state index in [4.69, 9.17) is 5.73 Å². The predicted molar refractivity (Wildman–Crippen MR) is 65.7 cm³/mol. The molecule has 90 valence electrons. The van der Waals surface area contributed by atoms with Crippen molar-refractivity contribution in [1.82, 2.24) is 9.78 Å². The Bertz CT molecular complexity index is 386. The number of anilines is 1. The van der Waals surface area contributed by atoms with Crippen LogP contribution in [0.25, 0.3) is 0 Å². The molecule has 0 radical (unpaired) electrons. The minimum absolute atomic E-state index is 0.0601. The van der Waals surface area contributed by atoms with Gasteiger partial charge >= 0.3 is 0 Å². The summed E-state index contributed by atoms with van der Waals surface area (Å²) in [5, 5.41) is 4.14. The van der Waals surface area contributed by atoms with Crippen LogP contribution in [0.5, 0.6) is 0 Å². The maximum Gasteiger partial charge on any atom is 0.268 e. The van der Waals surface area contributed by atoms with Crippen molar-refractivity contribution in [1.29, 1.82) is 0 Å². The summed E-state index contributed by atoms with van der Waals surface area (Å²) >= 11 is 0. The molecule has 0 saturated carbocycles. The van der Waals surface area contributed by atoms with E-state index < -0.39 is 0 Å². The van der Waals surface area contributed by atoms with Crippen molar-refractivity contribution in [2.24, 2.45) is 11.7 Å². The molecule has 1 heterocycles. The number of hydrogen-bond acceptors (Lipinski definition) is 4. The van der Waals surface area contributed by atoms with Crippen LogP contribution in [0.15, 0.2) is 17.1 Å². The number of hydrogen-bond donors (Lipinski definition) is 1. The molecule has 0 aromatic carbocycles. The van der Waals surface area contributed by atoms with E-state index in [1.54, 1.807) is 12.3 Å². The average Bonchev–Trinajstić information content (AvgIpc) is 2.20. The van der Waals surface area contributed by atoms with E-state index in [0.29, 0.717) is 19.0 Å². The third-order valence-electron chi connectivity index (χ3n) is 2.30. The third kappa shape index (κ3) is 3.34. The molecule has 1 rings (SSSR count). The Kier molecular flexibility index (Phi) is 4.49. The van der Waals surface area contributed by atoms with Gasteiger partial charge < -0.3 is 10.6 Å². The van der Waals surface area contributed by atoms with E-state index in [-0.39, 0.29) is 5.56 Å². The summed E-state index contributed by atoms with van der Waals surface area (Å²) in [6.45, 7) is 6.05. The highest BCUT2D eigenvalue weighted by molar-refractivity contribution is 5.41. The number of aromatic nitrogens is 2. The summed E-state index contributed by atoms with van der Waals surface area (Å²) in [6.07, 6.45) is 1.71. The summed E-state index contributed by atoms with van der Waals surface area (Å²) in [7, 11) is 1.90. The van der Waals surface area contributed by atoms with Crippen LogP contribution in [0.3, 0.4) is 0 Å². The lowest BCUT2D eigenvalue weighted by atomic mass is 10.2. The highest BCUT2D eigenvalue weighted by Crippen LogP contribution is 2.06. The summed E-state index contributed by atoms with van der Waals surface area (Å²) < 4.78 is 1.49. The van der Waals surface area contributed by atoms with Gasteiger partial charge in [-0.1, -0.05) is 13.8 Å². The first-order valence-electron chi connectivity index (χ1n) is 5.53. The molecule has 0 bridgehead atoms. The van der Waals surface area contributed by atoms with Crippen molar-refractivity contribution in [3.8, 4) is 0 Å². The molecule has 0 unspecified atom stereocenters. The highest BCUT2D eigenvalue weighted by atomic mass is 16.1. The SMILES string of the molecule is CC(C)Cn1ncc(N(C)CCN)cc1=O. The standard InChI is InChI=1S/C11H20N4O/c1-9(2)8-15-11(16)6-10(7-13-15)14(3)5-4-12/h6-7,9H,4-5,8,12H2,1-3H3. The van der Waals surface area contributed by atoms with Crippen LogP contribution in [0.4, 0.5) is 5.69 Å². The smallest absolute Gasteiger partial charge is 0.268 e. The largest absolute Gasteiger partial charge is 0.372 e. The van der Waals surface area contributed by atoms with Crippen molar-refractivity contribution < 1.29 is 0 Å². The predicted octanol–water partition coefficient (Wildman–Crippen LogP) is 0.294. The average molecular weight is 224 g/mol. The minimum Gasteiger partial charge on any atom is -0.372 e. The molecular formula is C11H20N4O. The van der Waals surface area contributed by atoms with Gasteiger partial charge in [0, 0.05) is 32.7 Å². The maximum absolute atomic E-state index is 11.7. The number of nitrogens with two attached hydrogens (primary N) is 1. The summed E-state index contributed by atoms with van der Waals surface area (Å²) in [5.41, 5.74) is 6.21. The van der Waals surface area contributed by atoms with Crippen LogP contribution < -0.4 is 16.2 Å². The molecule has 0 amide bonds. The van der Waals surface area contributed by atoms with Gasteiger partial charge in [0.25, 0.3) is 5.56 Å². The fraction of sp³-hybridized carbons (Fsp3) is 0.636. The minimum atomic E-state index is -0.0601. The van der Waals surface area contributed by atoms with E-state index in [1.807, 2.05) is 11.9 Å². The summed E-state index contributed by atoms with van der Waals surface area (Å²) in [6, 6.07) is 1.60. The Balaban J connectivity index is 2.86. The Morgan fingerprint density at radius 2 is 2.25 bits per heavy atom. The Hall–Kier alpha value is -1.36. The topological polar surface area (TPSA) is 64.2 Å². The second kappa shape index (κ2) is 5.65. The van der Waals surface area contributed by atoms with Gasteiger partial charge in [0.15, 0.2) is 0 Å². The fourth-order valence-corrected chi connectivity index (χ4v) is 1.44. The molecule has 1 aromatic heterocycles. The number of rotatable bonds is 5. The van der Waals surface area contributed by atoms with Gasteiger partial charge in [-0.15, -0.1) is 0 Å². The molecule has 0 fully saturated rings. The van der Waals surface area contributed by atoms with Crippen LogP contribution in [0.2, 0.25) is 0 Å².